The Morgan fingerprint density at radius 3 is 2.24 bits per heavy atom. The van der Waals surface area contributed by atoms with Gasteiger partial charge in [-0.15, -0.1) is 0 Å². The van der Waals surface area contributed by atoms with Crippen molar-refractivity contribution in [3.63, 3.8) is 0 Å². The zero-order valence-corrected chi connectivity index (χ0v) is 22.2. The van der Waals surface area contributed by atoms with Gasteiger partial charge < -0.3 is 23.8 Å². The summed E-state index contributed by atoms with van der Waals surface area (Å²) in [6, 6.07) is 16.6. The second-order valence-corrected chi connectivity index (χ2v) is 10.4. The van der Waals surface area contributed by atoms with E-state index < -0.39 is 16.6 Å². The van der Waals surface area contributed by atoms with Gasteiger partial charge in [-0.1, -0.05) is 18.2 Å². The highest BCUT2D eigenvalue weighted by molar-refractivity contribution is 7.92. The van der Waals surface area contributed by atoms with E-state index in [1.165, 1.54) is 52.7 Å². The molecular formula is C27H30N2O7S. The maximum atomic E-state index is 14.1. The molecule has 4 rings (SSSR count). The van der Waals surface area contributed by atoms with Crippen molar-refractivity contribution < 1.29 is 32.2 Å². The number of nitrogens with zero attached hydrogens (tertiary/aromatic N) is 2. The van der Waals surface area contributed by atoms with E-state index in [0.29, 0.717) is 17.9 Å². The van der Waals surface area contributed by atoms with Crippen LogP contribution in [-0.2, 0) is 21.2 Å². The van der Waals surface area contributed by atoms with Crippen molar-refractivity contribution in [1.82, 2.24) is 0 Å². The van der Waals surface area contributed by atoms with Gasteiger partial charge in [0.25, 0.3) is 10.0 Å². The molecule has 9 nitrogen and oxygen atoms in total. The number of ether oxygens (including phenoxy) is 4. The summed E-state index contributed by atoms with van der Waals surface area (Å²) >= 11 is 0. The lowest BCUT2D eigenvalue weighted by molar-refractivity contribution is -0.117. The maximum absolute atomic E-state index is 14.1. The number of sulfonamides is 1. The zero-order chi connectivity index (χ0) is 26.7. The normalized spacial score (nSPS) is 14.6. The number of anilines is 2. The Morgan fingerprint density at radius 2 is 1.57 bits per heavy atom. The number of carbonyl (C=O) groups excluding carboxylic acids is 1. The molecular weight excluding hydrogens is 496 g/mol. The van der Waals surface area contributed by atoms with Gasteiger partial charge in [0.2, 0.25) is 5.91 Å². The molecule has 0 bridgehead atoms. The van der Waals surface area contributed by atoms with Crippen LogP contribution in [0.25, 0.3) is 0 Å². The van der Waals surface area contributed by atoms with Crippen molar-refractivity contribution in [2.75, 3.05) is 44.2 Å². The molecule has 3 aromatic rings. The topological polar surface area (TPSA) is 94.6 Å². The summed E-state index contributed by atoms with van der Waals surface area (Å²) in [6.45, 7) is 1.48. The first kappa shape index (κ1) is 26.2. The number of amides is 1. The van der Waals surface area contributed by atoms with Crippen molar-refractivity contribution in [2.45, 2.75) is 24.3 Å². The molecule has 1 aliphatic heterocycles. The van der Waals surface area contributed by atoms with Gasteiger partial charge in [-0.2, -0.15) is 0 Å². The van der Waals surface area contributed by atoms with E-state index in [4.69, 9.17) is 18.9 Å². The largest absolute Gasteiger partial charge is 0.497 e. The van der Waals surface area contributed by atoms with Crippen LogP contribution in [0, 0.1) is 0 Å². The van der Waals surface area contributed by atoms with Gasteiger partial charge in [-0.3, -0.25) is 9.10 Å². The van der Waals surface area contributed by atoms with Gasteiger partial charge in [-0.25, -0.2) is 8.42 Å². The molecule has 0 fully saturated rings. The summed E-state index contributed by atoms with van der Waals surface area (Å²) in [5, 5.41) is 0. The first-order valence-corrected chi connectivity index (χ1v) is 13.1. The molecule has 10 heteroatoms. The fourth-order valence-corrected chi connectivity index (χ4v) is 5.97. The van der Waals surface area contributed by atoms with Crippen LogP contribution in [0.15, 0.2) is 65.6 Å². The van der Waals surface area contributed by atoms with E-state index in [9.17, 15) is 13.2 Å². The number of carbonyl (C=O) groups is 1. The maximum Gasteiger partial charge on any atom is 0.265 e. The SMILES string of the molecule is COc1ccc(OC)c(N(CC(=O)N2c3ccccc3C[C@H]2C)S(=O)(=O)c2ccc(OC)c(OC)c2)c1. The highest BCUT2D eigenvalue weighted by atomic mass is 32.2. The van der Waals surface area contributed by atoms with Crippen LogP contribution in [0.3, 0.4) is 0 Å². The van der Waals surface area contributed by atoms with Gasteiger partial charge in [0.1, 0.15) is 18.0 Å². The Hall–Kier alpha value is -3.92. The van der Waals surface area contributed by atoms with Crippen LogP contribution in [0.5, 0.6) is 23.0 Å². The van der Waals surface area contributed by atoms with E-state index in [-0.39, 0.29) is 34.0 Å². The Bertz CT molecular complexity index is 1410. The van der Waals surface area contributed by atoms with E-state index in [2.05, 4.69) is 0 Å². The van der Waals surface area contributed by atoms with E-state index in [1.807, 2.05) is 31.2 Å². The van der Waals surface area contributed by atoms with Crippen LogP contribution in [0.4, 0.5) is 11.4 Å². The Kier molecular flexibility index (Phi) is 7.49. The minimum Gasteiger partial charge on any atom is -0.497 e. The number of fused-ring (bicyclic) bond motifs is 1. The molecule has 1 aliphatic rings. The van der Waals surface area contributed by atoms with E-state index >= 15 is 0 Å². The molecule has 0 saturated carbocycles. The second-order valence-electron chi connectivity index (χ2n) is 8.51. The standard InChI is InChI=1S/C27H30N2O7S/c1-18-14-19-8-6-7-9-22(19)29(18)27(30)17-28(23-15-20(33-2)10-12-24(23)34-3)37(31,32)21-11-13-25(35-4)26(16-21)36-5/h6-13,15-16,18H,14,17H2,1-5H3/t18-/m1/s1. The van der Waals surface area contributed by atoms with Gasteiger partial charge in [-0.05, 0) is 49.2 Å². The number of methoxy groups -OCH3 is 4. The average molecular weight is 527 g/mol. The molecule has 0 aromatic heterocycles. The molecule has 37 heavy (non-hydrogen) atoms. The summed E-state index contributed by atoms with van der Waals surface area (Å²) in [4.78, 5) is 15.3. The van der Waals surface area contributed by atoms with Crippen molar-refractivity contribution in [3.05, 3.63) is 66.2 Å². The van der Waals surface area contributed by atoms with Crippen molar-refractivity contribution in [3.8, 4) is 23.0 Å². The molecule has 1 heterocycles. The summed E-state index contributed by atoms with van der Waals surface area (Å²) in [5.41, 5.74) is 1.99. The second kappa shape index (κ2) is 10.6. The third-order valence-corrected chi connectivity index (χ3v) is 8.11. The predicted molar refractivity (Wildman–Crippen MR) is 141 cm³/mol. The third-order valence-electron chi connectivity index (χ3n) is 6.35. The molecule has 0 spiro atoms. The molecule has 1 amide bonds. The Labute approximate surface area is 217 Å². The Morgan fingerprint density at radius 1 is 0.892 bits per heavy atom. The minimum absolute atomic E-state index is 0.0716. The number of para-hydroxylation sites is 1. The lowest BCUT2D eigenvalue weighted by atomic mass is 10.1. The van der Waals surface area contributed by atoms with Crippen molar-refractivity contribution in [1.29, 1.82) is 0 Å². The van der Waals surface area contributed by atoms with Crippen LogP contribution in [0.1, 0.15) is 12.5 Å². The molecule has 0 N–H and O–H groups in total. The molecule has 1 atom stereocenters. The zero-order valence-electron chi connectivity index (χ0n) is 21.4. The first-order valence-electron chi connectivity index (χ1n) is 11.6. The number of hydrogen-bond donors (Lipinski definition) is 0. The van der Waals surface area contributed by atoms with Crippen LogP contribution in [0.2, 0.25) is 0 Å². The van der Waals surface area contributed by atoms with Gasteiger partial charge >= 0.3 is 0 Å². The lowest BCUT2D eigenvalue weighted by Crippen LogP contribution is -2.45. The Balaban J connectivity index is 1.83. The van der Waals surface area contributed by atoms with Gasteiger partial charge in [0, 0.05) is 23.9 Å². The average Bonchev–Trinajstić information content (AvgIpc) is 3.26. The van der Waals surface area contributed by atoms with Gasteiger partial charge in [0.05, 0.1) is 39.0 Å². The summed E-state index contributed by atoms with van der Waals surface area (Å²) < 4.78 is 50.7. The smallest absolute Gasteiger partial charge is 0.265 e. The van der Waals surface area contributed by atoms with E-state index in [1.54, 1.807) is 17.0 Å². The molecule has 3 aromatic carbocycles. The first-order chi connectivity index (χ1) is 17.7. The third kappa shape index (κ3) is 4.89. The molecule has 0 radical (unpaired) electrons. The van der Waals surface area contributed by atoms with Crippen molar-refractivity contribution in [2.24, 2.45) is 0 Å². The van der Waals surface area contributed by atoms with Crippen LogP contribution in [-0.4, -0.2) is 55.4 Å². The minimum atomic E-state index is -4.27. The fraction of sp³-hybridized carbons (Fsp3) is 0.296. The lowest BCUT2D eigenvalue weighted by Gasteiger charge is -2.30. The predicted octanol–water partition coefficient (Wildman–Crippen LogP) is 3.89. The number of benzene rings is 3. The molecule has 196 valence electrons. The van der Waals surface area contributed by atoms with Crippen LogP contribution < -0.4 is 28.2 Å². The number of hydrogen-bond acceptors (Lipinski definition) is 7. The summed E-state index contributed by atoms with van der Waals surface area (Å²) in [7, 11) is 1.53. The fourth-order valence-electron chi connectivity index (χ4n) is 4.54. The quantitative estimate of drug-likeness (QED) is 0.417. The van der Waals surface area contributed by atoms with Gasteiger partial charge in [0.15, 0.2) is 11.5 Å². The number of rotatable bonds is 9. The molecule has 0 saturated heterocycles. The summed E-state index contributed by atoms with van der Waals surface area (Å²) in [6.07, 6.45) is 0.687. The van der Waals surface area contributed by atoms with Crippen LogP contribution >= 0.6 is 0 Å². The van der Waals surface area contributed by atoms with E-state index in [0.717, 1.165) is 15.6 Å². The highest BCUT2D eigenvalue weighted by Gasteiger charge is 2.36. The monoisotopic (exact) mass is 526 g/mol. The van der Waals surface area contributed by atoms with Crippen molar-refractivity contribution >= 4 is 27.3 Å². The molecule has 0 aliphatic carbocycles. The molecule has 0 unspecified atom stereocenters. The highest BCUT2D eigenvalue weighted by Crippen LogP contribution is 2.38. The summed E-state index contributed by atoms with van der Waals surface area (Å²) in [5.74, 6) is 0.939.